The molecule has 0 fully saturated rings. The van der Waals surface area contributed by atoms with Gasteiger partial charge in [0.15, 0.2) is 0 Å². The molecule has 0 saturated heterocycles. The summed E-state index contributed by atoms with van der Waals surface area (Å²) >= 11 is 0. The Hall–Kier alpha value is -2.67. The van der Waals surface area contributed by atoms with Gasteiger partial charge in [-0.3, -0.25) is 0 Å². The Kier molecular flexibility index (Phi) is 4.85. The summed E-state index contributed by atoms with van der Waals surface area (Å²) in [5.74, 6) is 1.39. The van der Waals surface area contributed by atoms with Crippen molar-refractivity contribution < 1.29 is 9.47 Å². The first-order valence-electron chi connectivity index (χ1n) is 6.40. The fourth-order valence-electron chi connectivity index (χ4n) is 1.70. The Morgan fingerprint density at radius 3 is 2.60 bits per heavy atom. The van der Waals surface area contributed by atoms with Crippen LogP contribution in [0.3, 0.4) is 0 Å². The molecule has 0 amide bonds. The van der Waals surface area contributed by atoms with E-state index in [0.717, 1.165) is 6.42 Å². The van der Waals surface area contributed by atoms with Gasteiger partial charge in [-0.1, -0.05) is 18.2 Å². The summed E-state index contributed by atoms with van der Waals surface area (Å²) in [5, 5.41) is 8.79. The summed E-state index contributed by atoms with van der Waals surface area (Å²) < 4.78 is 11.1. The van der Waals surface area contributed by atoms with Crippen LogP contribution in [-0.4, -0.2) is 13.2 Å². The van der Waals surface area contributed by atoms with E-state index in [2.05, 4.69) is 6.07 Å². The highest BCUT2D eigenvalue weighted by atomic mass is 16.5. The molecule has 4 nitrogen and oxygen atoms in total. The van der Waals surface area contributed by atoms with Gasteiger partial charge in [-0.15, -0.1) is 0 Å². The lowest BCUT2D eigenvalue weighted by atomic mass is 10.2. The molecule has 102 valence electrons. The standard InChI is InChI=1S/C16H16N2O2/c17-12-13-5-3-6-14(11-13)19-9-4-10-20-16-8-2-1-7-15(16)18/h1-3,5-8,11H,4,9-10,18H2. The van der Waals surface area contributed by atoms with E-state index >= 15 is 0 Å². The fraction of sp³-hybridized carbons (Fsp3) is 0.188. The average molecular weight is 268 g/mol. The average Bonchev–Trinajstić information content (AvgIpc) is 2.49. The Balaban J connectivity index is 1.72. The summed E-state index contributed by atoms with van der Waals surface area (Å²) in [6.45, 7) is 1.06. The van der Waals surface area contributed by atoms with Gasteiger partial charge in [0.25, 0.3) is 0 Å². The van der Waals surface area contributed by atoms with E-state index in [4.69, 9.17) is 20.5 Å². The molecule has 0 aromatic heterocycles. The molecule has 0 bridgehead atoms. The second-order valence-corrected chi connectivity index (χ2v) is 4.23. The lowest BCUT2D eigenvalue weighted by molar-refractivity contribution is 0.248. The van der Waals surface area contributed by atoms with E-state index < -0.39 is 0 Å². The SMILES string of the molecule is N#Cc1cccc(OCCCOc2ccccc2N)c1. The quantitative estimate of drug-likeness (QED) is 0.646. The highest BCUT2D eigenvalue weighted by molar-refractivity contribution is 5.51. The minimum Gasteiger partial charge on any atom is -0.493 e. The van der Waals surface area contributed by atoms with Crippen LogP contribution in [0.1, 0.15) is 12.0 Å². The van der Waals surface area contributed by atoms with Crippen LogP contribution in [0.5, 0.6) is 11.5 Å². The molecule has 2 N–H and O–H groups in total. The molecule has 0 atom stereocenters. The normalized spacial score (nSPS) is 9.75. The summed E-state index contributed by atoms with van der Waals surface area (Å²) in [6, 6.07) is 16.6. The van der Waals surface area contributed by atoms with E-state index in [1.807, 2.05) is 24.3 Å². The van der Waals surface area contributed by atoms with Gasteiger partial charge >= 0.3 is 0 Å². The van der Waals surface area contributed by atoms with Gasteiger partial charge in [-0.05, 0) is 30.3 Å². The number of hydrogen-bond acceptors (Lipinski definition) is 4. The van der Waals surface area contributed by atoms with Crippen molar-refractivity contribution in [3.05, 3.63) is 54.1 Å². The number of rotatable bonds is 6. The van der Waals surface area contributed by atoms with Gasteiger partial charge in [0.1, 0.15) is 11.5 Å². The number of benzene rings is 2. The molecular weight excluding hydrogens is 252 g/mol. The monoisotopic (exact) mass is 268 g/mol. The van der Waals surface area contributed by atoms with Crippen molar-refractivity contribution in [3.63, 3.8) is 0 Å². The van der Waals surface area contributed by atoms with Crippen molar-refractivity contribution in [1.29, 1.82) is 5.26 Å². The Labute approximate surface area is 118 Å². The largest absolute Gasteiger partial charge is 0.493 e. The van der Waals surface area contributed by atoms with Crippen LogP contribution in [0.15, 0.2) is 48.5 Å². The van der Waals surface area contributed by atoms with Crippen molar-refractivity contribution >= 4 is 5.69 Å². The zero-order chi connectivity index (χ0) is 14.2. The van der Waals surface area contributed by atoms with Gasteiger partial charge in [0, 0.05) is 6.42 Å². The fourth-order valence-corrected chi connectivity index (χ4v) is 1.70. The van der Waals surface area contributed by atoms with Crippen molar-refractivity contribution in [2.75, 3.05) is 18.9 Å². The number of para-hydroxylation sites is 2. The van der Waals surface area contributed by atoms with Crippen LogP contribution in [0.2, 0.25) is 0 Å². The van der Waals surface area contributed by atoms with Crippen LogP contribution < -0.4 is 15.2 Å². The number of nitrogen functional groups attached to an aromatic ring is 1. The molecule has 2 aromatic carbocycles. The summed E-state index contributed by atoms with van der Waals surface area (Å²) in [4.78, 5) is 0. The number of hydrogen-bond donors (Lipinski definition) is 1. The summed E-state index contributed by atoms with van der Waals surface area (Å²) in [7, 11) is 0. The highest BCUT2D eigenvalue weighted by Crippen LogP contribution is 2.19. The molecule has 0 radical (unpaired) electrons. The summed E-state index contributed by atoms with van der Waals surface area (Å²) in [6.07, 6.45) is 0.741. The zero-order valence-corrected chi connectivity index (χ0v) is 11.1. The molecule has 0 heterocycles. The molecule has 0 unspecified atom stereocenters. The highest BCUT2D eigenvalue weighted by Gasteiger charge is 1.99. The maximum atomic E-state index is 8.79. The molecule has 20 heavy (non-hydrogen) atoms. The van der Waals surface area contributed by atoms with Crippen LogP contribution in [-0.2, 0) is 0 Å². The molecular formula is C16H16N2O2. The number of ether oxygens (including phenoxy) is 2. The van der Waals surface area contributed by atoms with Crippen molar-refractivity contribution in [2.45, 2.75) is 6.42 Å². The van der Waals surface area contributed by atoms with Gasteiger partial charge in [-0.25, -0.2) is 0 Å². The molecule has 0 aliphatic rings. The van der Waals surface area contributed by atoms with E-state index in [-0.39, 0.29) is 0 Å². The maximum absolute atomic E-state index is 8.79. The van der Waals surface area contributed by atoms with Crippen LogP contribution in [0.4, 0.5) is 5.69 Å². The molecule has 0 saturated carbocycles. The van der Waals surface area contributed by atoms with Crippen LogP contribution in [0, 0.1) is 11.3 Å². The third-order valence-electron chi connectivity index (χ3n) is 2.70. The number of anilines is 1. The van der Waals surface area contributed by atoms with E-state index in [0.29, 0.717) is 36.0 Å². The molecule has 4 heteroatoms. The lowest BCUT2D eigenvalue weighted by Gasteiger charge is -2.09. The topological polar surface area (TPSA) is 68.3 Å². The van der Waals surface area contributed by atoms with E-state index in [1.54, 1.807) is 24.3 Å². The Morgan fingerprint density at radius 1 is 1.00 bits per heavy atom. The van der Waals surface area contributed by atoms with Crippen LogP contribution in [0.25, 0.3) is 0 Å². The third kappa shape index (κ3) is 3.92. The van der Waals surface area contributed by atoms with Crippen molar-refractivity contribution in [1.82, 2.24) is 0 Å². The second-order valence-electron chi connectivity index (χ2n) is 4.23. The first-order chi connectivity index (χ1) is 9.79. The van der Waals surface area contributed by atoms with Gasteiger partial charge in [0.05, 0.1) is 30.5 Å². The predicted octanol–water partition coefficient (Wildman–Crippen LogP) is 2.99. The number of nitriles is 1. The molecule has 0 spiro atoms. The molecule has 0 aliphatic heterocycles. The van der Waals surface area contributed by atoms with Crippen LogP contribution >= 0.6 is 0 Å². The van der Waals surface area contributed by atoms with Gasteiger partial charge < -0.3 is 15.2 Å². The first-order valence-corrected chi connectivity index (χ1v) is 6.40. The minimum atomic E-state index is 0.529. The molecule has 0 aliphatic carbocycles. The lowest BCUT2D eigenvalue weighted by Crippen LogP contribution is -2.06. The molecule has 2 aromatic rings. The van der Waals surface area contributed by atoms with E-state index in [1.165, 1.54) is 0 Å². The predicted molar refractivity (Wildman–Crippen MR) is 77.6 cm³/mol. The second kappa shape index (κ2) is 7.05. The minimum absolute atomic E-state index is 0.529. The van der Waals surface area contributed by atoms with Crippen molar-refractivity contribution in [2.24, 2.45) is 0 Å². The third-order valence-corrected chi connectivity index (χ3v) is 2.70. The summed E-state index contributed by atoms with van der Waals surface area (Å²) in [5.41, 5.74) is 7.00. The Bertz CT molecular complexity index is 605. The zero-order valence-electron chi connectivity index (χ0n) is 11.1. The number of nitrogens with zero attached hydrogens (tertiary/aromatic N) is 1. The number of nitrogens with two attached hydrogens (primary N) is 1. The molecule has 2 rings (SSSR count). The van der Waals surface area contributed by atoms with Gasteiger partial charge in [-0.2, -0.15) is 5.26 Å². The van der Waals surface area contributed by atoms with Crippen molar-refractivity contribution in [3.8, 4) is 17.6 Å². The van der Waals surface area contributed by atoms with E-state index in [9.17, 15) is 0 Å². The van der Waals surface area contributed by atoms with Gasteiger partial charge in [0.2, 0.25) is 0 Å². The smallest absolute Gasteiger partial charge is 0.142 e. The maximum Gasteiger partial charge on any atom is 0.142 e. The first kappa shape index (κ1) is 13.8. The Morgan fingerprint density at radius 2 is 1.80 bits per heavy atom.